The van der Waals surface area contributed by atoms with Crippen molar-refractivity contribution in [1.82, 2.24) is 21.1 Å². The van der Waals surface area contributed by atoms with Crippen LogP contribution in [0.2, 0.25) is 0 Å². The number of benzene rings is 1. The fraction of sp³-hybridized carbons (Fsp3) is 0.522. The van der Waals surface area contributed by atoms with Gasteiger partial charge < -0.3 is 15.8 Å². The SMILES string of the molecule is CC(C)(CNc1nonc1C(=Nc1ccc(F)c(Br)c1)NO)CC(C)(C)N=C(N)NC(=O)OC(C)(C)C. The van der Waals surface area contributed by atoms with Gasteiger partial charge in [-0.05, 0) is 90.9 Å². The zero-order valence-electron chi connectivity index (χ0n) is 21.9. The van der Waals surface area contributed by atoms with E-state index in [4.69, 9.17) is 15.1 Å². The monoisotopic (exact) mass is 584 g/mol. The molecule has 2 rings (SSSR count). The highest BCUT2D eigenvalue weighted by Crippen LogP contribution is 2.31. The molecule has 12 nitrogen and oxygen atoms in total. The molecule has 2 aromatic rings. The van der Waals surface area contributed by atoms with Crippen molar-refractivity contribution in [2.45, 2.75) is 66.0 Å². The highest BCUT2D eigenvalue weighted by molar-refractivity contribution is 9.10. The van der Waals surface area contributed by atoms with Crippen molar-refractivity contribution in [1.29, 1.82) is 0 Å². The number of rotatable bonds is 8. The summed E-state index contributed by atoms with van der Waals surface area (Å²) in [6, 6.07) is 4.12. The minimum absolute atomic E-state index is 0.0479. The Bertz CT molecular complexity index is 1160. The topological polar surface area (TPSA) is 172 Å². The second kappa shape index (κ2) is 11.9. The molecule has 0 atom stereocenters. The summed E-state index contributed by atoms with van der Waals surface area (Å²) in [4.78, 5) is 20.6. The summed E-state index contributed by atoms with van der Waals surface area (Å²) < 4.78 is 23.8. The van der Waals surface area contributed by atoms with Crippen LogP contribution in [0.15, 0.2) is 37.3 Å². The van der Waals surface area contributed by atoms with Gasteiger partial charge in [0, 0.05) is 6.54 Å². The molecule has 0 unspecified atom stereocenters. The van der Waals surface area contributed by atoms with Gasteiger partial charge in [-0.15, -0.1) is 0 Å². The molecular formula is C23H34BrFN8O4. The van der Waals surface area contributed by atoms with Crippen molar-refractivity contribution in [3.8, 4) is 0 Å². The highest BCUT2D eigenvalue weighted by atomic mass is 79.9. The Morgan fingerprint density at radius 1 is 1.22 bits per heavy atom. The van der Waals surface area contributed by atoms with E-state index in [1.807, 2.05) is 33.2 Å². The Balaban J connectivity index is 2.09. The number of nitrogens with two attached hydrogens (primary N) is 1. The van der Waals surface area contributed by atoms with Gasteiger partial charge in [-0.1, -0.05) is 13.8 Å². The van der Waals surface area contributed by atoms with E-state index in [1.54, 1.807) is 20.8 Å². The molecule has 0 aliphatic heterocycles. The lowest BCUT2D eigenvalue weighted by Gasteiger charge is -2.32. The Hall–Kier alpha value is -3.26. The number of nitrogens with one attached hydrogen (secondary N) is 3. The number of hydrogen-bond donors (Lipinski definition) is 5. The minimum Gasteiger partial charge on any atom is -0.444 e. The van der Waals surface area contributed by atoms with Gasteiger partial charge in [0.05, 0.1) is 15.7 Å². The van der Waals surface area contributed by atoms with Crippen LogP contribution in [-0.4, -0.2) is 51.1 Å². The number of ether oxygens (including phenoxy) is 1. The lowest BCUT2D eigenvalue weighted by Crippen LogP contribution is -2.43. The molecule has 0 aliphatic carbocycles. The Morgan fingerprint density at radius 2 is 1.89 bits per heavy atom. The minimum atomic E-state index is -0.681. The van der Waals surface area contributed by atoms with Crippen LogP contribution in [0.4, 0.5) is 20.7 Å². The molecule has 1 heterocycles. The van der Waals surface area contributed by atoms with Crippen molar-refractivity contribution < 1.29 is 23.8 Å². The molecule has 204 valence electrons. The lowest BCUT2D eigenvalue weighted by atomic mass is 9.80. The quantitative estimate of drug-likeness (QED) is 0.170. The number of hydroxylamine groups is 1. The maximum absolute atomic E-state index is 13.5. The molecule has 6 N–H and O–H groups in total. The van der Waals surface area contributed by atoms with Gasteiger partial charge in [-0.3, -0.25) is 16.0 Å². The van der Waals surface area contributed by atoms with Gasteiger partial charge in [-0.25, -0.2) is 23.8 Å². The van der Waals surface area contributed by atoms with E-state index in [1.165, 1.54) is 18.2 Å². The first-order chi connectivity index (χ1) is 17.0. The average Bonchev–Trinajstić information content (AvgIpc) is 3.18. The third-order valence-corrected chi connectivity index (χ3v) is 5.27. The highest BCUT2D eigenvalue weighted by Gasteiger charge is 2.30. The van der Waals surface area contributed by atoms with E-state index in [0.29, 0.717) is 18.7 Å². The second-order valence-electron chi connectivity index (χ2n) is 10.8. The predicted molar refractivity (Wildman–Crippen MR) is 141 cm³/mol. The number of alkyl carbamates (subject to hydrolysis) is 1. The number of halogens is 2. The molecular weight excluding hydrogens is 551 g/mol. The number of carbonyl (C=O) groups excluding carboxylic acids is 1. The zero-order valence-corrected chi connectivity index (χ0v) is 23.5. The van der Waals surface area contributed by atoms with Gasteiger partial charge in [0.2, 0.25) is 5.82 Å². The van der Waals surface area contributed by atoms with Crippen LogP contribution in [0.3, 0.4) is 0 Å². The van der Waals surface area contributed by atoms with Crippen LogP contribution in [0, 0.1) is 11.2 Å². The third kappa shape index (κ3) is 9.96. The van der Waals surface area contributed by atoms with Crippen LogP contribution in [0.25, 0.3) is 0 Å². The maximum Gasteiger partial charge on any atom is 0.414 e. The average molecular weight is 585 g/mol. The Labute approximate surface area is 223 Å². The molecule has 14 heteroatoms. The van der Waals surface area contributed by atoms with Crippen molar-refractivity contribution in [3.63, 3.8) is 0 Å². The van der Waals surface area contributed by atoms with Crippen molar-refractivity contribution in [2.75, 3.05) is 11.9 Å². The second-order valence-corrected chi connectivity index (χ2v) is 11.6. The molecule has 1 aromatic heterocycles. The molecule has 0 saturated heterocycles. The van der Waals surface area contributed by atoms with Crippen molar-refractivity contribution in [3.05, 3.63) is 34.2 Å². The first-order valence-corrected chi connectivity index (χ1v) is 12.2. The van der Waals surface area contributed by atoms with E-state index in [2.05, 4.69) is 46.9 Å². The van der Waals surface area contributed by atoms with Crippen molar-refractivity contribution >= 4 is 45.3 Å². The first kappa shape index (κ1) is 30.0. The smallest absolute Gasteiger partial charge is 0.414 e. The summed E-state index contributed by atoms with van der Waals surface area (Å²) in [5.74, 6) is -0.305. The molecule has 1 amide bonds. The number of carbonyl (C=O) groups is 1. The van der Waals surface area contributed by atoms with E-state index in [0.717, 1.165) is 0 Å². The summed E-state index contributed by atoms with van der Waals surface area (Å²) in [5.41, 5.74) is 6.74. The third-order valence-electron chi connectivity index (χ3n) is 4.66. The molecule has 0 saturated carbocycles. The Kier molecular flexibility index (Phi) is 9.60. The fourth-order valence-electron chi connectivity index (χ4n) is 3.63. The van der Waals surface area contributed by atoms with E-state index in [9.17, 15) is 14.4 Å². The summed E-state index contributed by atoms with van der Waals surface area (Å²) in [6.45, 7) is 13.5. The molecule has 0 aliphatic rings. The van der Waals surface area contributed by atoms with Gasteiger partial charge in [-0.2, -0.15) is 0 Å². The standard InChI is InChI=1S/C23H34BrFN8O4/c1-21(2,3)36-20(34)29-19(26)30-23(6,7)11-22(4,5)12-27-17-16(32-37-33-17)18(31-35)28-13-8-9-15(25)14(24)10-13/h8-10,35H,11-12H2,1-7H3,(H,27,33)(H,28,31)(H3,26,29,30,34). The van der Waals surface area contributed by atoms with Gasteiger partial charge in [0.1, 0.15) is 11.4 Å². The lowest BCUT2D eigenvalue weighted by molar-refractivity contribution is 0.0562. The van der Waals surface area contributed by atoms with Gasteiger partial charge in [0.15, 0.2) is 17.5 Å². The summed E-state index contributed by atoms with van der Waals surface area (Å²) in [6.07, 6.45) is -0.118. The first-order valence-electron chi connectivity index (χ1n) is 11.4. The predicted octanol–water partition coefficient (Wildman–Crippen LogP) is 4.47. The molecule has 0 bridgehead atoms. The summed E-state index contributed by atoms with van der Waals surface area (Å²) in [7, 11) is 0. The van der Waals surface area contributed by atoms with E-state index >= 15 is 0 Å². The number of anilines is 1. The van der Waals surface area contributed by atoms with Crippen LogP contribution in [-0.2, 0) is 4.74 Å². The van der Waals surface area contributed by atoms with Crippen LogP contribution >= 0.6 is 15.9 Å². The van der Waals surface area contributed by atoms with Crippen LogP contribution in [0.1, 0.15) is 60.6 Å². The molecule has 0 radical (unpaired) electrons. The molecule has 37 heavy (non-hydrogen) atoms. The van der Waals surface area contributed by atoms with Gasteiger partial charge in [0.25, 0.3) is 0 Å². The van der Waals surface area contributed by atoms with Crippen molar-refractivity contribution in [2.24, 2.45) is 21.1 Å². The largest absolute Gasteiger partial charge is 0.444 e. The van der Waals surface area contributed by atoms with Crippen LogP contribution in [0.5, 0.6) is 0 Å². The number of aliphatic imine (C=N–C) groups is 2. The fourth-order valence-corrected chi connectivity index (χ4v) is 4.00. The van der Waals surface area contributed by atoms with Gasteiger partial charge >= 0.3 is 6.09 Å². The number of amides is 1. The number of hydrogen-bond acceptors (Lipinski definition) is 9. The maximum atomic E-state index is 13.5. The van der Waals surface area contributed by atoms with E-state index < -0.39 is 23.1 Å². The van der Waals surface area contributed by atoms with Crippen LogP contribution < -0.4 is 21.8 Å². The summed E-state index contributed by atoms with van der Waals surface area (Å²) in [5, 5.41) is 22.9. The number of guanidine groups is 1. The molecule has 0 spiro atoms. The Morgan fingerprint density at radius 3 is 2.49 bits per heavy atom. The molecule has 0 fully saturated rings. The van der Waals surface area contributed by atoms with E-state index in [-0.39, 0.29) is 33.2 Å². The zero-order chi connectivity index (χ0) is 28.0. The molecule has 1 aromatic carbocycles. The normalized spacial score (nSPS) is 13.4. The number of amidine groups is 1. The summed E-state index contributed by atoms with van der Waals surface area (Å²) >= 11 is 3.10. The number of nitrogens with zero attached hydrogens (tertiary/aromatic N) is 4. The number of aromatic nitrogens is 2.